The number of benzene rings is 1. The van der Waals surface area contributed by atoms with Gasteiger partial charge in [0.2, 0.25) is 6.79 Å². The summed E-state index contributed by atoms with van der Waals surface area (Å²) < 4.78 is 10.8. The van der Waals surface area contributed by atoms with Crippen LogP contribution in [0.1, 0.15) is 30.9 Å². The molecule has 5 heteroatoms. The summed E-state index contributed by atoms with van der Waals surface area (Å²) in [6.07, 6.45) is 3.34. The van der Waals surface area contributed by atoms with Crippen LogP contribution in [-0.2, 0) is 0 Å². The second kappa shape index (κ2) is 4.37. The molecule has 1 saturated carbocycles. The lowest BCUT2D eigenvalue weighted by Gasteiger charge is -2.31. The summed E-state index contributed by atoms with van der Waals surface area (Å²) in [7, 11) is 0. The van der Waals surface area contributed by atoms with Gasteiger partial charge < -0.3 is 15.2 Å². The van der Waals surface area contributed by atoms with Crippen LogP contribution in [0.4, 0.5) is 0 Å². The average Bonchev–Trinajstić information content (AvgIpc) is 3.02. The second-order valence-electron chi connectivity index (χ2n) is 5.72. The topological polar surface area (TPSA) is 68.5 Å². The maximum absolute atomic E-state index is 6.04. The van der Waals surface area contributed by atoms with Gasteiger partial charge in [-0.05, 0) is 42.9 Å². The Labute approximate surface area is 112 Å². The fraction of sp³-hybridized carbons (Fsp3) is 0.571. The third-order valence-electron chi connectivity index (χ3n) is 4.55. The highest BCUT2D eigenvalue weighted by atomic mass is 16.7. The number of rotatable bonds is 1. The lowest BCUT2D eigenvalue weighted by Crippen LogP contribution is -2.41. The van der Waals surface area contributed by atoms with E-state index in [-0.39, 0.29) is 0 Å². The van der Waals surface area contributed by atoms with E-state index < -0.39 is 0 Å². The van der Waals surface area contributed by atoms with Crippen LogP contribution in [0.25, 0.3) is 0 Å². The lowest BCUT2D eigenvalue weighted by atomic mass is 9.78. The van der Waals surface area contributed by atoms with E-state index in [0.717, 1.165) is 24.3 Å². The Balaban J connectivity index is 1.59. The smallest absolute Gasteiger partial charge is 0.231 e. The van der Waals surface area contributed by atoms with Gasteiger partial charge in [0, 0.05) is 12.1 Å². The highest BCUT2D eigenvalue weighted by Gasteiger charge is 2.40. The van der Waals surface area contributed by atoms with Gasteiger partial charge >= 0.3 is 0 Å². The molecule has 0 bridgehead atoms. The van der Waals surface area contributed by atoms with Crippen molar-refractivity contribution in [3.63, 3.8) is 0 Å². The first kappa shape index (κ1) is 11.5. The fourth-order valence-electron chi connectivity index (χ4n) is 3.53. The Kier molecular flexibility index (Phi) is 2.65. The summed E-state index contributed by atoms with van der Waals surface area (Å²) in [5, 5.41) is 0. The predicted octanol–water partition coefficient (Wildman–Crippen LogP) is 1.06. The van der Waals surface area contributed by atoms with Crippen LogP contribution in [0.2, 0.25) is 0 Å². The molecule has 3 aliphatic rings. The third kappa shape index (κ3) is 1.89. The Hall–Kier alpha value is -1.30. The van der Waals surface area contributed by atoms with Gasteiger partial charge in [0.25, 0.3) is 0 Å². The molecule has 4 rings (SSSR count). The van der Waals surface area contributed by atoms with Gasteiger partial charge in [-0.25, -0.2) is 5.43 Å². The molecule has 4 atom stereocenters. The van der Waals surface area contributed by atoms with E-state index in [2.05, 4.69) is 23.0 Å². The summed E-state index contributed by atoms with van der Waals surface area (Å²) in [5.41, 5.74) is 14.1. The first-order valence-corrected chi connectivity index (χ1v) is 6.97. The van der Waals surface area contributed by atoms with E-state index in [1.54, 1.807) is 0 Å². The van der Waals surface area contributed by atoms with E-state index in [1.165, 1.54) is 12.0 Å². The van der Waals surface area contributed by atoms with Crippen LogP contribution in [-0.4, -0.2) is 18.9 Å². The lowest BCUT2D eigenvalue weighted by molar-refractivity contribution is 0.174. The molecule has 1 aromatic carbocycles. The van der Waals surface area contributed by atoms with Crippen molar-refractivity contribution in [1.82, 2.24) is 10.9 Å². The van der Waals surface area contributed by atoms with Crippen LogP contribution in [0.5, 0.6) is 11.5 Å². The van der Waals surface area contributed by atoms with Crippen molar-refractivity contribution in [3.8, 4) is 11.5 Å². The van der Waals surface area contributed by atoms with Crippen molar-refractivity contribution >= 4 is 0 Å². The van der Waals surface area contributed by atoms with E-state index in [9.17, 15) is 0 Å². The number of ether oxygens (including phenoxy) is 2. The second-order valence-corrected chi connectivity index (χ2v) is 5.72. The largest absolute Gasteiger partial charge is 0.454 e. The molecule has 5 nitrogen and oxygen atoms in total. The van der Waals surface area contributed by atoms with Crippen LogP contribution < -0.4 is 26.1 Å². The first-order valence-electron chi connectivity index (χ1n) is 6.97. The minimum Gasteiger partial charge on any atom is -0.454 e. The van der Waals surface area contributed by atoms with Gasteiger partial charge in [0.15, 0.2) is 11.5 Å². The van der Waals surface area contributed by atoms with Gasteiger partial charge in [-0.15, -0.1) is 0 Å². The summed E-state index contributed by atoms with van der Waals surface area (Å²) in [6.45, 7) is 0.329. The fourth-order valence-corrected chi connectivity index (χ4v) is 3.53. The molecule has 19 heavy (non-hydrogen) atoms. The average molecular weight is 261 g/mol. The summed E-state index contributed by atoms with van der Waals surface area (Å²) in [6, 6.07) is 7.39. The molecule has 4 unspecified atom stereocenters. The standard InChI is InChI=1S/C14H19N3O2/c15-9-2-3-10-11(6-9)16-17-14(10)8-1-4-12-13(5-8)19-7-18-12/h1,4-5,9-11,14,16-17H,2-3,6-7,15H2. The molecule has 1 aromatic rings. The van der Waals surface area contributed by atoms with Crippen molar-refractivity contribution in [3.05, 3.63) is 23.8 Å². The molecule has 2 fully saturated rings. The van der Waals surface area contributed by atoms with E-state index in [4.69, 9.17) is 15.2 Å². The molecule has 1 aliphatic carbocycles. The number of fused-ring (bicyclic) bond motifs is 2. The quantitative estimate of drug-likeness (QED) is 0.705. The normalized spacial score (nSPS) is 36.3. The van der Waals surface area contributed by atoms with Gasteiger partial charge in [-0.3, -0.25) is 5.43 Å². The van der Waals surface area contributed by atoms with Gasteiger partial charge in [0.1, 0.15) is 0 Å². The number of hydrazine groups is 1. The zero-order valence-electron chi connectivity index (χ0n) is 10.8. The molecule has 2 aliphatic heterocycles. The minimum atomic E-state index is 0.329. The van der Waals surface area contributed by atoms with Crippen LogP contribution in [0, 0.1) is 5.92 Å². The predicted molar refractivity (Wildman–Crippen MR) is 70.7 cm³/mol. The van der Waals surface area contributed by atoms with E-state index in [0.29, 0.717) is 30.8 Å². The molecule has 4 N–H and O–H groups in total. The number of nitrogens with one attached hydrogen (secondary N) is 2. The monoisotopic (exact) mass is 261 g/mol. The highest BCUT2D eigenvalue weighted by Crippen LogP contribution is 2.41. The molecule has 1 saturated heterocycles. The maximum atomic E-state index is 6.04. The molecular formula is C14H19N3O2. The van der Waals surface area contributed by atoms with Crippen molar-refractivity contribution in [2.75, 3.05) is 6.79 Å². The van der Waals surface area contributed by atoms with Gasteiger partial charge in [-0.2, -0.15) is 0 Å². The van der Waals surface area contributed by atoms with Gasteiger partial charge in [0.05, 0.1) is 6.04 Å². The molecule has 0 radical (unpaired) electrons. The van der Waals surface area contributed by atoms with Crippen molar-refractivity contribution in [2.45, 2.75) is 37.4 Å². The van der Waals surface area contributed by atoms with Crippen LogP contribution >= 0.6 is 0 Å². The Bertz CT molecular complexity index is 494. The van der Waals surface area contributed by atoms with Crippen molar-refractivity contribution in [1.29, 1.82) is 0 Å². The number of hydrogen-bond donors (Lipinski definition) is 3. The molecular weight excluding hydrogens is 242 g/mol. The SMILES string of the molecule is NC1CCC2C(C1)NNC2c1ccc2c(c1)OCO2. The number of hydrogen-bond acceptors (Lipinski definition) is 5. The summed E-state index contributed by atoms with van der Waals surface area (Å²) in [4.78, 5) is 0. The minimum absolute atomic E-state index is 0.329. The zero-order chi connectivity index (χ0) is 12.8. The Morgan fingerprint density at radius 1 is 1.11 bits per heavy atom. The molecule has 0 spiro atoms. The third-order valence-corrected chi connectivity index (χ3v) is 4.55. The maximum Gasteiger partial charge on any atom is 0.231 e. The van der Waals surface area contributed by atoms with E-state index >= 15 is 0 Å². The highest BCUT2D eigenvalue weighted by molar-refractivity contribution is 5.45. The van der Waals surface area contributed by atoms with Crippen LogP contribution in [0.15, 0.2) is 18.2 Å². The first-order chi connectivity index (χ1) is 9.31. The van der Waals surface area contributed by atoms with Crippen LogP contribution in [0.3, 0.4) is 0 Å². The molecule has 0 amide bonds. The van der Waals surface area contributed by atoms with Crippen molar-refractivity contribution < 1.29 is 9.47 Å². The zero-order valence-corrected chi connectivity index (χ0v) is 10.8. The Morgan fingerprint density at radius 2 is 2.00 bits per heavy atom. The van der Waals surface area contributed by atoms with Gasteiger partial charge in [-0.1, -0.05) is 6.07 Å². The number of nitrogens with two attached hydrogens (primary N) is 1. The summed E-state index contributed by atoms with van der Waals surface area (Å²) in [5.74, 6) is 2.31. The summed E-state index contributed by atoms with van der Waals surface area (Å²) >= 11 is 0. The van der Waals surface area contributed by atoms with E-state index in [1.807, 2.05) is 6.07 Å². The molecule has 102 valence electrons. The molecule has 2 heterocycles. The Morgan fingerprint density at radius 3 is 2.95 bits per heavy atom. The molecule has 0 aromatic heterocycles. The van der Waals surface area contributed by atoms with Crippen molar-refractivity contribution in [2.24, 2.45) is 11.7 Å².